The monoisotopic (exact) mass is 495 g/mol. The smallest absolute Gasteiger partial charge is 0.270 e. The third kappa shape index (κ3) is 4.25. The SMILES string of the molecule is Cc1cc2c(cc1/C=C1\C(=O)NC(=S)N(c3ccc(Cl)cc3)C1=O)[C@@H](C)CC(C)(C)N2C(C)C. The van der Waals surface area contributed by atoms with E-state index in [1.54, 1.807) is 30.3 Å². The van der Waals surface area contributed by atoms with Crippen LogP contribution in [0.2, 0.25) is 5.02 Å². The predicted molar refractivity (Wildman–Crippen MR) is 144 cm³/mol. The van der Waals surface area contributed by atoms with Crippen molar-refractivity contribution in [2.75, 3.05) is 9.80 Å². The van der Waals surface area contributed by atoms with Crippen LogP contribution < -0.4 is 15.1 Å². The summed E-state index contributed by atoms with van der Waals surface area (Å²) in [6.45, 7) is 13.3. The summed E-state index contributed by atoms with van der Waals surface area (Å²) in [5, 5.41) is 3.26. The van der Waals surface area contributed by atoms with E-state index < -0.39 is 11.8 Å². The Hall–Kier alpha value is -2.70. The summed E-state index contributed by atoms with van der Waals surface area (Å²) in [6, 6.07) is 11.4. The standard InChI is InChI=1S/C27H30ClN3O2S/c1-15(2)31-23-11-16(3)18(12-21(23)17(4)14-27(31,5)6)13-22-24(32)29-26(34)30(25(22)33)20-9-7-19(28)8-10-20/h7-13,15,17H,14H2,1-6H3,(H,29,32,34)/b22-13+/t17-/m0/s1. The van der Waals surface area contributed by atoms with Crippen molar-refractivity contribution in [3.8, 4) is 0 Å². The van der Waals surface area contributed by atoms with Crippen LogP contribution in [0.15, 0.2) is 42.0 Å². The number of rotatable bonds is 3. The lowest BCUT2D eigenvalue weighted by Gasteiger charge is -2.50. The van der Waals surface area contributed by atoms with Crippen LogP contribution in [0.4, 0.5) is 11.4 Å². The largest absolute Gasteiger partial charge is 0.364 e. The van der Waals surface area contributed by atoms with E-state index in [4.69, 9.17) is 23.8 Å². The minimum absolute atomic E-state index is 0.0427. The fourth-order valence-electron chi connectivity index (χ4n) is 5.38. The Morgan fingerprint density at radius 3 is 2.44 bits per heavy atom. The number of carbonyl (C=O) groups is 2. The molecule has 2 aliphatic heterocycles. The van der Waals surface area contributed by atoms with Crippen LogP contribution in [-0.2, 0) is 9.59 Å². The number of amides is 2. The second kappa shape index (κ2) is 8.82. The third-order valence-corrected chi connectivity index (χ3v) is 7.20. The van der Waals surface area contributed by atoms with Gasteiger partial charge in [-0.15, -0.1) is 0 Å². The van der Waals surface area contributed by atoms with Gasteiger partial charge in [-0.25, -0.2) is 0 Å². The van der Waals surface area contributed by atoms with E-state index in [0.29, 0.717) is 22.7 Å². The second-order valence-corrected chi connectivity index (χ2v) is 10.9. The fraction of sp³-hybridized carbons (Fsp3) is 0.370. The van der Waals surface area contributed by atoms with Crippen LogP contribution >= 0.6 is 23.8 Å². The number of nitrogens with zero attached hydrogens (tertiary/aromatic N) is 2. The van der Waals surface area contributed by atoms with Gasteiger partial charge in [-0.2, -0.15) is 0 Å². The van der Waals surface area contributed by atoms with Gasteiger partial charge in [0.15, 0.2) is 5.11 Å². The van der Waals surface area contributed by atoms with Crippen LogP contribution in [0.25, 0.3) is 6.08 Å². The number of aryl methyl sites for hydroxylation is 1. The number of carbonyl (C=O) groups excluding carboxylic acids is 2. The van der Waals surface area contributed by atoms with Gasteiger partial charge in [0.1, 0.15) is 5.57 Å². The normalized spacial score (nSPS) is 21.2. The summed E-state index contributed by atoms with van der Waals surface area (Å²) in [5.74, 6) is -0.590. The molecular formula is C27H30ClN3O2S. The Balaban J connectivity index is 1.78. The van der Waals surface area contributed by atoms with E-state index in [1.165, 1.54) is 16.2 Å². The first-order chi connectivity index (χ1) is 15.9. The van der Waals surface area contributed by atoms with Crippen LogP contribution in [-0.4, -0.2) is 28.5 Å². The lowest BCUT2D eigenvalue weighted by molar-refractivity contribution is -0.122. The highest BCUT2D eigenvalue weighted by Gasteiger charge is 2.38. The molecule has 1 saturated heterocycles. The first-order valence-corrected chi connectivity index (χ1v) is 12.3. The average molecular weight is 496 g/mol. The molecule has 2 aromatic carbocycles. The lowest BCUT2D eigenvalue weighted by Crippen LogP contribution is -2.54. The molecule has 0 aliphatic carbocycles. The molecule has 0 saturated carbocycles. The van der Waals surface area contributed by atoms with Crippen molar-refractivity contribution in [1.29, 1.82) is 0 Å². The molecule has 2 amide bonds. The van der Waals surface area contributed by atoms with Crippen molar-refractivity contribution in [1.82, 2.24) is 5.32 Å². The number of nitrogens with one attached hydrogen (secondary N) is 1. The van der Waals surface area contributed by atoms with Crippen LogP contribution in [0, 0.1) is 6.92 Å². The van der Waals surface area contributed by atoms with Crippen molar-refractivity contribution in [2.45, 2.75) is 65.5 Å². The quantitative estimate of drug-likeness (QED) is 0.323. The van der Waals surface area contributed by atoms with E-state index in [9.17, 15) is 9.59 Å². The van der Waals surface area contributed by atoms with Crippen molar-refractivity contribution < 1.29 is 9.59 Å². The van der Waals surface area contributed by atoms with Gasteiger partial charge in [-0.3, -0.25) is 19.8 Å². The number of hydrogen-bond acceptors (Lipinski definition) is 4. The number of thiocarbonyl (C=S) groups is 1. The Morgan fingerprint density at radius 1 is 1.18 bits per heavy atom. The molecule has 178 valence electrons. The van der Waals surface area contributed by atoms with Crippen LogP contribution in [0.3, 0.4) is 0 Å². The molecule has 2 heterocycles. The topological polar surface area (TPSA) is 52.7 Å². The summed E-state index contributed by atoms with van der Waals surface area (Å²) in [5.41, 5.74) is 4.97. The zero-order valence-corrected chi connectivity index (χ0v) is 22.0. The molecule has 2 aromatic rings. The number of halogens is 1. The Kier molecular flexibility index (Phi) is 6.34. The van der Waals surface area contributed by atoms with Crippen molar-refractivity contribution >= 4 is 58.2 Å². The number of hydrogen-bond donors (Lipinski definition) is 1. The van der Waals surface area contributed by atoms with Gasteiger partial charge in [-0.05, 0) is 118 Å². The van der Waals surface area contributed by atoms with Crippen molar-refractivity contribution in [3.05, 3.63) is 63.7 Å². The summed E-state index contributed by atoms with van der Waals surface area (Å²) in [4.78, 5) is 30.0. The zero-order valence-electron chi connectivity index (χ0n) is 20.4. The maximum atomic E-state index is 13.4. The average Bonchev–Trinajstić information content (AvgIpc) is 2.72. The summed E-state index contributed by atoms with van der Waals surface area (Å²) >= 11 is 11.3. The van der Waals surface area contributed by atoms with Gasteiger partial charge < -0.3 is 4.90 Å². The Morgan fingerprint density at radius 2 is 1.82 bits per heavy atom. The van der Waals surface area contributed by atoms with Gasteiger partial charge in [0.25, 0.3) is 11.8 Å². The molecule has 34 heavy (non-hydrogen) atoms. The highest BCUT2D eigenvalue weighted by atomic mass is 35.5. The van der Waals surface area contributed by atoms with Crippen molar-refractivity contribution in [3.63, 3.8) is 0 Å². The minimum Gasteiger partial charge on any atom is -0.364 e. The van der Waals surface area contributed by atoms with Gasteiger partial charge in [0.2, 0.25) is 0 Å². The molecule has 1 N–H and O–H groups in total. The second-order valence-electron chi connectivity index (χ2n) is 10.1. The molecule has 0 unspecified atom stereocenters. The Bertz CT molecular complexity index is 1220. The van der Waals surface area contributed by atoms with Gasteiger partial charge in [-0.1, -0.05) is 18.5 Å². The van der Waals surface area contributed by atoms with Crippen LogP contribution in [0.5, 0.6) is 0 Å². The number of anilines is 2. The summed E-state index contributed by atoms with van der Waals surface area (Å²) in [6.07, 6.45) is 2.71. The van der Waals surface area contributed by atoms with E-state index in [2.05, 4.69) is 57.0 Å². The number of fused-ring (bicyclic) bond motifs is 1. The molecule has 0 radical (unpaired) electrons. The highest BCUT2D eigenvalue weighted by molar-refractivity contribution is 7.80. The summed E-state index contributed by atoms with van der Waals surface area (Å²) < 4.78 is 0. The highest BCUT2D eigenvalue weighted by Crippen LogP contribution is 2.45. The molecule has 0 bridgehead atoms. The zero-order chi connectivity index (χ0) is 24.9. The third-order valence-electron chi connectivity index (χ3n) is 6.67. The molecule has 0 spiro atoms. The van der Waals surface area contributed by atoms with Gasteiger partial charge in [0, 0.05) is 22.3 Å². The maximum absolute atomic E-state index is 13.4. The molecule has 5 nitrogen and oxygen atoms in total. The van der Waals surface area contributed by atoms with Crippen LogP contribution in [0.1, 0.15) is 63.6 Å². The Labute approximate surface area is 211 Å². The lowest BCUT2D eigenvalue weighted by atomic mass is 9.78. The summed E-state index contributed by atoms with van der Waals surface area (Å²) in [7, 11) is 0. The first-order valence-electron chi connectivity index (χ1n) is 11.5. The predicted octanol–water partition coefficient (Wildman–Crippen LogP) is 5.98. The molecule has 0 aromatic heterocycles. The van der Waals surface area contributed by atoms with E-state index in [-0.39, 0.29) is 16.2 Å². The maximum Gasteiger partial charge on any atom is 0.270 e. The van der Waals surface area contributed by atoms with Gasteiger partial charge >= 0.3 is 0 Å². The molecule has 4 rings (SSSR count). The molecule has 1 fully saturated rings. The molecular weight excluding hydrogens is 466 g/mol. The molecule has 2 aliphatic rings. The fourth-order valence-corrected chi connectivity index (χ4v) is 5.79. The molecule has 7 heteroatoms. The van der Waals surface area contributed by atoms with Crippen molar-refractivity contribution in [2.24, 2.45) is 0 Å². The number of benzene rings is 2. The van der Waals surface area contributed by atoms with E-state index >= 15 is 0 Å². The van der Waals surface area contributed by atoms with Gasteiger partial charge in [0.05, 0.1) is 5.69 Å². The first kappa shape index (κ1) is 24.4. The molecule has 1 atom stereocenters. The van der Waals surface area contributed by atoms with E-state index in [0.717, 1.165) is 17.5 Å². The van der Waals surface area contributed by atoms with E-state index in [1.807, 2.05) is 6.92 Å². The minimum atomic E-state index is -0.490.